The summed E-state index contributed by atoms with van der Waals surface area (Å²) in [5.74, 6) is 0.400. The highest BCUT2D eigenvalue weighted by atomic mass is 32.2. The lowest BCUT2D eigenvalue weighted by Crippen LogP contribution is -2.44. The molecule has 1 aliphatic carbocycles. The van der Waals surface area contributed by atoms with Gasteiger partial charge in [-0.3, -0.25) is 24.3 Å². The normalized spacial score (nSPS) is 17.1. The molecule has 0 aromatic carbocycles. The molecule has 1 amide bonds. The van der Waals surface area contributed by atoms with Gasteiger partial charge in [0.1, 0.15) is 5.56 Å². The summed E-state index contributed by atoms with van der Waals surface area (Å²) in [7, 11) is -1.91. The van der Waals surface area contributed by atoms with Gasteiger partial charge in [0.2, 0.25) is 11.9 Å². The number of sulfone groups is 1. The molecule has 5 rings (SSSR count). The fraction of sp³-hybridized carbons (Fsp3) is 0.433. The fourth-order valence-corrected chi connectivity index (χ4v) is 6.00. The quantitative estimate of drug-likeness (QED) is 0.244. The molecule has 0 radical (unpaired) electrons. The van der Waals surface area contributed by atoms with Crippen LogP contribution in [0.3, 0.4) is 0 Å². The van der Waals surface area contributed by atoms with E-state index in [1.807, 2.05) is 20.2 Å². The van der Waals surface area contributed by atoms with E-state index in [-0.39, 0.29) is 34.4 Å². The monoisotopic (exact) mass is 657 g/mol. The molecule has 4 aromatic rings. The zero-order chi connectivity index (χ0) is 33.1. The number of pyridine rings is 1. The smallest absolute Gasteiger partial charge is 0.351 e. The number of nitrogens with zero attached hydrogens (tertiary/aromatic N) is 8. The van der Waals surface area contributed by atoms with E-state index in [4.69, 9.17) is 0 Å². The topological polar surface area (TPSA) is 149 Å². The second kappa shape index (κ2) is 13.5. The number of halogens is 3. The van der Waals surface area contributed by atoms with Crippen molar-refractivity contribution in [3.63, 3.8) is 0 Å². The van der Waals surface area contributed by atoms with Crippen molar-refractivity contribution in [3.8, 4) is 22.5 Å². The molecule has 0 aliphatic heterocycles. The van der Waals surface area contributed by atoms with Gasteiger partial charge in [-0.05, 0) is 38.2 Å². The standard InChI is InChI=1S/C30H34F3N9O3S/c1-4-5-6-27(43)42(26-17-35-25(16-36-26)20-13-38-41(2)18-20)22-9-7-21(8-10-22)39-29-37-15-24(30(31,32)33)28(40-29)19-11-23(14-34-12-19)46(3,44)45/h11-18,21-22H,4-10H2,1-3H3,(H,37,39,40)/t21-,22-. The van der Waals surface area contributed by atoms with Crippen LogP contribution in [0.2, 0.25) is 0 Å². The molecular weight excluding hydrogens is 623 g/mol. The van der Waals surface area contributed by atoms with E-state index in [1.165, 1.54) is 0 Å². The SMILES string of the molecule is CCCCC(=O)N(c1cnc(-c2cnn(C)c2)cn1)[C@H]1CC[C@H](Nc2ncc(C(F)(F)F)c(-c3cncc(S(C)(=O)=O)c3)n2)CC1. The van der Waals surface area contributed by atoms with Gasteiger partial charge in [0.05, 0.1) is 34.9 Å². The Balaban J connectivity index is 1.33. The van der Waals surface area contributed by atoms with E-state index in [2.05, 4.69) is 35.3 Å². The summed E-state index contributed by atoms with van der Waals surface area (Å²) in [6.45, 7) is 2.02. The minimum Gasteiger partial charge on any atom is -0.351 e. The predicted octanol–water partition coefficient (Wildman–Crippen LogP) is 5.10. The third-order valence-electron chi connectivity index (χ3n) is 7.80. The van der Waals surface area contributed by atoms with E-state index in [1.54, 1.807) is 28.2 Å². The molecule has 0 bridgehead atoms. The average molecular weight is 658 g/mol. The first-order valence-corrected chi connectivity index (χ1v) is 16.7. The Kier molecular flexibility index (Phi) is 9.65. The van der Waals surface area contributed by atoms with Gasteiger partial charge in [0.15, 0.2) is 15.7 Å². The first-order valence-electron chi connectivity index (χ1n) is 14.8. The molecule has 1 N–H and O–H groups in total. The van der Waals surface area contributed by atoms with Gasteiger partial charge in [-0.25, -0.2) is 23.4 Å². The highest BCUT2D eigenvalue weighted by molar-refractivity contribution is 7.90. The molecule has 16 heteroatoms. The minimum absolute atomic E-state index is 0.0241. The predicted molar refractivity (Wildman–Crippen MR) is 164 cm³/mol. The first-order chi connectivity index (χ1) is 21.8. The van der Waals surface area contributed by atoms with Crippen LogP contribution in [0.5, 0.6) is 0 Å². The molecule has 1 saturated carbocycles. The number of aromatic nitrogens is 7. The van der Waals surface area contributed by atoms with Gasteiger partial charge in [-0.2, -0.15) is 18.3 Å². The van der Waals surface area contributed by atoms with Crippen LogP contribution in [0, 0.1) is 0 Å². The Morgan fingerprint density at radius 1 is 1.02 bits per heavy atom. The number of anilines is 2. The Hall–Kier alpha value is -4.47. The number of rotatable bonds is 10. The molecule has 0 unspecified atom stereocenters. The van der Waals surface area contributed by atoms with Crippen molar-refractivity contribution in [2.75, 3.05) is 16.5 Å². The number of aryl methyl sites for hydroxylation is 1. The van der Waals surface area contributed by atoms with Crippen LogP contribution in [0.15, 0.2) is 54.3 Å². The maximum atomic E-state index is 13.9. The van der Waals surface area contributed by atoms with Crippen molar-refractivity contribution >= 4 is 27.5 Å². The summed E-state index contributed by atoms with van der Waals surface area (Å²) in [6, 6.07) is 0.799. The maximum Gasteiger partial charge on any atom is 0.419 e. The van der Waals surface area contributed by atoms with Crippen LogP contribution in [0.25, 0.3) is 22.5 Å². The lowest BCUT2D eigenvalue weighted by molar-refractivity contribution is -0.137. The van der Waals surface area contributed by atoms with E-state index >= 15 is 0 Å². The van der Waals surface area contributed by atoms with Crippen LogP contribution in [0.1, 0.15) is 57.4 Å². The van der Waals surface area contributed by atoms with Gasteiger partial charge in [0.25, 0.3) is 0 Å². The molecule has 1 fully saturated rings. The summed E-state index contributed by atoms with van der Waals surface area (Å²) in [4.78, 5) is 35.9. The number of hydrogen-bond donors (Lipinski definition) is 1. The molecule has 46 heavy (non-hydrogen) atoms. The first kappa shape index (κ1) is 32.9. The average Bonchev–Trinajstić information content (AvgIpc) is 3.46. The molecule has 244 valence electrons. The second-order valence-electron chi connectivity index (χ2n) is 11.3. The van der Waals surface area contributed by atoms with Gasteiger partial charge >= 0.3 is 6.18 Å². The van der Waals surface area contributed by atoms with Crippen molar-refractivity contribution in [2.45, 2.75) is 75.0 Å². The summed E-state index contributed by atoms with van der Waals surface area (Å²) >= 11 is 0. The van der Waals surface area contributed by atoms with Crippen molar-refractivity contribution < 1.29 is 26.4 Å². The van der Waals surface area contributed by atoms with E-state index in [0.29, 0.717) is 49.8 Å². The summed E-state index contributed by atoms with van der Waals surface area (Å²) < 4.78 is 67.4. The zero-order valence-electron chi connectivity index (χ0n) is 25.6. The van der Waals surface area contributed by atoms with E-state index < -0.39 is 27.3 Å². The number of amides is 1. The molecule has 0 spiro atoms. The molecule has 4 aromatic heterocycles. The highest BCUT2D eigenvalue weighted by Gasteiger charge is 2.36. The molecule has 1 aliphatic rings. The van der Waals surface area contributed by atoms with Crippen LogP contribution >= 0.6 is 0 Å². The van der Waals surface area contributed by atoms with Crippen molar-refractivity contribution in [2.24, 2.45) is 7.05 Å². The number of hydrogen-bond acceptors (Lipinski definition) is 10. The Bertz CT molecular complexity index is 1790. The van der Waals surface area contributed by atoms with E-state index in [9.17, 15) is 26.4 Å². The summed E-state index contributed by atoms with van der Waals surface area (Å²) in [5, 5.41) is 7.30. The van der Waals surface area contributed by atoms with Crippen LogP contribution in [-0.2, 0) is 27.9 Å². The summed E-state index contributed by atoms with van der Waals surface area (Å²) in [6.07, 6.45) is 10.2. The Labute approximate surface area is 264 Å². The Morgan fingerprint density at radius 2 is 1.78 bits per heavy atom. The van der Waals surface area contributed by atoms with Crippen molar-refractivity contribution in [1.82, 2.24) is 34.7 Å². The molecule has 0 atom stereocenters. The van der Waals surface area contributed by atoms with Crippen molar-refractivity contribution in [3.05, 3.63) is 55.0 Å². The van der Waals surface area contributed by atoms with Crippen LogP contribution in [-0.4, -0.2) is 67.4 Å². The maximum absolute atomic E-state index is 13.9. The minimum atomic E-state index is -4.78. The molecule has 4 heterocycles. The molecule has 0 saturated heterocycles. The lowest BCUT2D eigenvalue weighted by atomic mass is 9.90. The van der Waals surface area contributed by atoms with Crippen molar-refractivity contribution in [1.29, 1.82) is 0 Å². The van der Waals surface area contributed by atoms with E-state index in [0.717, 1.165) is 43.1 Å². The molecular formula is C30H34F3N9O3S. The number of carbonyl (C=O) groups is 1. The lowest BCUT2D eigenvalue weighted by Gasteiger charge is -2.36. The largest absolute Gasteiger partial charge is 0.419 e. The third kappa shape index (κ3) is 7.66. The fourth-order valence-electron chi connectivity index (χ4n) is 5.41. The zero-order valence-corrected chi connectivity index (χ0v) is 26.4. The Morgan fingerprint density at radius 3 is 2.39 bits per heavy atom. The molecule has 12 nitrogen and oxygen atoms in total. The van der Waals surface area contributed by atoms with Gasteiger partial charge in [0, 0.05) is 67.7 Å². The van der Waals surface area contributed by atoms with Crippen LogP contribution in [0.4, 0.5) is 24.9 Å². The second-order valence-corrected chi connectivity index (χ2v) is 13.3. The van der Waals surface area contributed by atoms with Gasteiger partial charge in [-0.1, -0.05) is 13.3 Å². The number of nitrogens with one attached hydrogen (secondary N) is 1. The number of alkyl halides is 3. The van der Waals surface area contributed by atoms with Crippen LogP contribution < -0.4 is 10.2 Å². The highest BCUT2D eigenvalue weighted by Crippen LogP contribution is 2.37. The number of carbonyl (C=O) groups excluding carboxylic acids is 1. The van der Waals surface area contributed by atoms with Gasteiger partial charge in [-0.15, -0.1) is 0 Å². The summed E-state index contributed by atoms with van der Waals surface area (Å²) in [5.41, 5.74) is -0.226. The third-order valence-corrected chi connectivity index (χ3v) is 8.88. The number of unbranched alkanes of at least 4 members (excludes halogenated alkanes) is 1. The van der Waals surface area contributed by atoms with Gasteiger partial charge < -0.3 is 5.32 Å².